The Morgan fingerprint density at radius 3 is 1.71 bits per heavy atom. The smallest absolute Gasteiger partial charge is 0.339 e. The van der Waals surface area contributed by atoms with E-state index in [4.69, 9.17) is 4.55 Å². The van der Waals surface area contributed by atoms with Crippen LogP contribution < -0.4 is 5.32 Å². The second-order valence-corrected chi connectivity index (χ2v) is 11.2. The topological polar surface area (TPSA) is 83.5 Å². The van der Waals surface area contributed by atoms with Gasteiger partial charge in [-0.05, 0) is 113 Å². The van der Waals surface area contributed by atoms with E-state index in [1.165, 1.54) is 0 Å². The number of nitrogens with one attached hydrogen (secondary N) is 1. The minimum atomic E-state index is -5.02. The third-order valence-corrected chi connectivity index (χ3v) is 12.8. The van der Waals surface area contributed by atoms with Crippen molar-refractivity contribution in [3.63, 3.8) is 0 Å². The lowest BCUT2D eigenvalue weighted by Gasteiger charge is -2.21. The highest BCUT2D eigenvalue weighted by molar-refractivity contribution is 14.1. The van der Waals surface area contributed by atoms with Crippen molar-refractivity contribution in [3.05, 3.63) is 23.4 Å². The van der Waals surface area contributed by atoms with Crippen molar-refractivity contribution in [1.82, 2.24) is 5.32 Å². The zero-order valence-corrected chi connectivity index (χ0v) is 22.5. The summed E-state index contributed by atoms with van der Waals surface area (Å²) in [6, 6.07) is -2.71. The van der Waals surface area contributed by atoms with E-state index in [2.05, 4.69) is 22.6 Å². The van der Waals surface area contributed by atoms with Crippen LogP contribution in [0.5, 0.6) is 0 Å². The molecule has 0 aliphatic carbocycles. The van der Waals surface area contributed by atoms with E-state index in [1.807, 2.05) is 90.4 Å². The van der Waals surface area contributed by atoms with Gasteiger partial charge >= 0.3 is 6.18 Å². The van der Waals surface area contributed by atoms with Gasteiger partial charge in [-0.15, -0.1) is 0 Å². The van der Waals surface area contributed by atoms with Gasteiger partial charge in [0.15, 0.2) is 0 Å². The maximum Gasteiger partial charge on any atom is 0.409 e. The maximum absolute atomic E-state index is 13.0. The molecule has 5 nitrogen and oxygen atoms in total. The molecule has 1 unspecified atom stereocenters. The second kappa shape index (κ2) is 9.03. The zero-order valence-electron chi connectivity index (χ0n) is 10.9. The highest BCUT2D eigenvalue weighted by Crippen LogP contribution is 2.34. The van der Waals surface area contributed by atoms with Gasteiger partial charge in [0.05, 0.1) is 5.56 Å². The quantitative estimate of drug-likeness (QED) is 0.205. The van der Waals surface area contributed by atoms with Gasteiger partial charge in [-0.2, -0.15) is 21.6 Å². The number of halogens is 8. The number of rotatable bonds is 4. The Balaban J connectivity index is 3.32. The summed E-state index contributed by atoms with van der Waals surface area (Å²) in [6.07, 6.45) is -5.02. The van der Waals surface area contributed by atoms with E-state index < -0.39 is 34.0 Å². The fourth-order valence-electron chi connectivity index (χ4n) is 1.46. The first-order valence-corrected chi connectivity index (χ1v) is 12.5. The van der Waals surface area contributed by atoms with Crippen molar-refractivity contribution in [2.75, 3.05) is 5.75 Å². The maximum atomic E-state index is 13.0. The summed E-state index contributed by atoms with van der Waals surface area (Å²) in [5, 5.41) is 1.66. The van der Waals surface area contributed by atoms with Gasteiger partial charge in [0.25, 0.3) is 16.0 Å². The van der Waals surface area contributed by atoms with Crippen LogP contribution in [0.2, 0.25) is 0 Å². The SMILES string of the molecule is O=C(NC(CS(=O)(=O)O)C(F)(F)F)c1c(I)c(I)c(I)c(I)c1I. The lowest BCUT2D eigenvalue weighted by molar-refractivity contribution is -0.148. The minimum absolute atomic E-state index is 0.0370. The molecular formula is C10H5F3I5NO4S. The van der Waals surface area contributed by atoms with Crippen molar-refractivity contribution in [2.24, 2.45) is 0 Å². The highest BCUT2D eigenvalue weighted by Gasteiger charge is 2.43. The lowest BCUT2D eigenvalue weighted by Crippen LogP contribution is -2.49. The Labute approximate surface area is 203 Å². The molecule has 1 atom stereocenters. The summed E-state index contributed by atoms with van der Waals surface area (Å²) in [6.45, 7) is 0. The molecule has 0 bridgehead atoms. The zero-order chi connectivity index (χ0) is 19.0. The summed E-state index contributed by atoms with van der Waals surface area (Å²) in [5.74, 6) is -2.70. The van der Waals surface area contributed by atoms with Crippen molar-refractivity contribution < 1.29 is 30.9 Å². The van der Waals surface area contributed by atoms with Gasteiger partial charge in [0.2, 0.25) is 0 Å². The number of amides is 1. The van der Waals surface area contributed by atoms with Gasteiger partial charge in [0, 0.05) is 17.9 Å². The third kappa shape index (κ3) is 6.29. The molecule has 0 aliphatic rings. The molecule has 0 saturated carbocycles. The summed E-state index contributed by atoms with van der Waals surface area (Å²) >= 11 is 9.74. The lowest BCUT2D eigenvalue weighted by atomic mass is 10.2. The van der Waals surface area contributed by atoms with Crippen molar-refractivity contribution >= 4 is 129 Å². The molecule has 0 aliphatic heterocycles. The van der Waals surface area contributed by atoms with Gasteiger partial charge < -0.3 is 5.32 Å². The number of carbonyl (C=O) groups excluding carboxylic acids is 1. The van der Waals surface area contributed by atoms with Gasteiger partial charge in [-0.1, -0.05) is 0 Å². The van der Waals surface area contributed by atoms with Crippen LogP contribution in [0.25, 0.3) is 0 Å². The molecule has 0 fully saturated rings. The van der Waals surface area contributed by atoms with Crippen LogP contribution in [-0.2, 0) is 10.1 Å². The Bertz CT molecular complexity index is 755. The third-order valence-electron chi connectivity index (χ3n) is 2.51. The molecule has 1 aromatic rings. The Kier molecular flexibility index (Phi) is 9.06. The normalized spacial score (nSPS) is 13.7. The van der Waals surface area contributed by atoms with Crippen molar-refractivity contribution in [2.45, 2.75) is 12.2 Å². The number of benzene rings is 1. The highest BCUT2D eigenvalue weighted by atomic mass is 127. The number of hydrogen-bond donors (Lipinski definition) is 2. The van der Waals surface area contributed by atoms with Crippen LogP contribution in [0.15, 0.2) is 0 Å². The van der Waals surface area contributed by atoms with Gasteiger partial charge in [-0.25, -0.2) is 0 Å². The molecule has 0 heterocycles. The first-order valence-electron chi connectivity index (χ1n) is 5.51. The average molecular weight is 927 g/mol. The van der Waals surface area contributed by atoms with E-state index in [0.29, 0.717) is 14.3 Å². The fourth-order valence-corrected chi connectivity index (χ4v) is 7.41. The van der Waals surface area contributed by atoms with E-state index in [0.717, 1.165) is 3.57 Å². The van der Waals surface area contributed by atoms with Crippen LogP contribution in [0.3, 0.4) is 0 Å². The summed E-state index contributed by atoms with van der Waals surface area (Å²) in [7, 11) is -4.92. The summed E-state index contributed by atoms with van der Waals surface area (Å²) < 4.78 is 72.3. The number of hydrogen-bond acceptors (Lipinski definition) is 3. The monoisotopic (exact) mass is 927 g/mol. The number of carbonyl (C=O) groups is 1. The van der Waals surface area contributed by atoms with E-state index in [-0.39, 0.29) is 5.56 Å². The predicted octanol–water partition coefficient (Wildman–Crippen LogP) is 4.26. The van der Waals surface area contributed by atoms with Gasteiger partial charge in [0.1, 0.15) is 11.8 Å². The molecule has 1 amide bonds. The Morgan fingerprint density at radius 1 is 1.00 bits per heavy atom. The largest absolute Gasteiger partial charge is 0.409 e. The van der Waals surface area contributed by atoms with E-state index >= 15 is 0 Å². The van der Waals surface area contributed by atoms with E-state index in [9.17, 15) is 26.4 Å². The van der Waals surface area contributed by atoms with Crippen LogP contribution in [-0.4, -0.2) is 36.8 Å². The molecule has 0 saturated heterocycles. The standard InChI is InChI=1S/C10H5F3I5NO4S/c11-10(12,13)2(1-24(21,22)23)19-9(20)3-4(14)6(16)8(18)7(17)5(3)15/h2H,1H2,(H,19,20)(H,21,22,23). The fraction of sp³-hybridized carbons (Fsp3) is 0.300. The Morgan fingerprint density at radius 2 is 1.38 bits per heavy atom. The average Bonchev–Trinajstić information content (AvgIpc) is 2.40. The molecule has 0 aromatic heterocycles. The molecule has 2 N–H and O–H groups in total. The van der Waals surface area contributed by atoms with Crippen LogP contribution >= 0.6 is 113 Å². The van der Waals surface area contributed by atoms with Crippen LogP contribution in [0, 0.1) is 17.9 Å². The molecule has 136 valence electrons. The number of alkyl halides is 3. The second-order valence-electron chi connectivity index (χ2n) is 4.26. The molecule has 0 spiro atoms. The first kappa shape index (κ1) is 24.1. The first-order chi connectivity index (χ1) is 10.7. The van der Waals surface area contributed by atoms with E-state index in [1.54, 1.807) is 5.32 Å². The summed E-state index contributed by atoms with van der Waals surface area (Å²) in [4.78, 5) is 12.3. The molecule has 24 heavy (non-hydrogen) atoms. The molecule has 1 aromatic carbocycles. The van der Waals surface area contributed by atoms with Gasteiger partial charge in [-0.3, -0.25) is 9.35 Å². The molecular weight excluding hydrogens is 922 g/mol. The van der Waals surface area contributed by atoms with Crippen molar-refractivity contribution in [1.29, 1.82) is 0 Å². The Hall–Kier alpha value is 2.04. The van der Waals surface area contributed by atoms with Crippen LogP contribution in [0.4, 0.5) is 13.2 Å². The predicted molar refractivity (Wildman–Crippen MR) is 124 cm³/mol. The van der Waals surface area contributed by atoms with Crippen LogP contribution in [0.1, 0.15) is 10.4 Å². The molecule has 0 radical (unpaired) electrons. The van der Waals surface area contributed by atoms with Crippen molar-refractivity contribution in [3.8, 4) is 0 Å². The molecule has 14 heteroatoms. The summed E-state index contributed by atoms with van der Waals surface area (Å²) in [5.41, 5.74) is 0.0370. The minimum Gasteiger partial charge on any atom is -0.339 e. The molecule has 1 rings (SSSR count).